The molecule has 0 aromatic heterocycles. The van der Waals surface area contributed by atoms with E-state index in [0.717, 1.165) is 60.0 Å². The van der Waals surface area contributed by atoms with Crippen molar-refractivity contribution in [1.29, 1.82) is 0 Å². The van der Waals surface area contributed by atoms with Crippen molar-refractivity contribution in [2.24, 2.45) is 5.73 Å². The molecule has 2 aromatic rings. The van der Waals surface area contributed by atoms with Crippen LogP contribution in [0.25, 0.3) is 0 Å². The molecule has 0 saturated carbocycles. The van der Waals surface area contributed by atoms with E-state index in [-0.39, 0.29) is 6.29 Å². The Morgan fingerprint density at radius 2 is 2.03 bits per heavy atom. The number of ether oxygens (including phenoxy) is 2. The standard InChI is InChI=1S/C24H32N2O3S/c1-17-7-9-22-24(18(17)2)26(13-5-12-25)20-16-19(8-10-21(20)30(22)27)11-15-29-23-6-3-4-14-28-23/h7-10,16,23H,3-6,11-15,25H2,1-2H3. The van der Waals surface area contributed by atoms with Crippen molar-refractivity contribution in [3.63, 3.8) is 0 Å². The van der Waals surface area contributed by atoms with Crippen molar-refractivity contribution in [1.82, 2.24) is 0 Å². The second-order valence-electron chi connectivity index (χ2n) is 8.14. The maximum atomic E-state index is 13.3. The summed E-state index contributed by atoms with van der Waals surface area (Å²) in [6.07, 6.45) is 4.90. The van der Waals surface area contributed by atoms with Gasteiger partial charge in [0.25, 0.3) is 0 Å². The summed E-state index contributed by atoms with van der Waals surface area (Å²) in [5.41, 5.74) is 11.5. The Kier molecular flexibility index (Phi) is 6.88. The summed E-state index contributed by atoms with van der Waals surface area (Å²) in [6.45, 7) is 7.09. The molecule has 2 aliphatic rings. The van der Waals surface area contributed by atoms with Crippen LogP contribution in [0.4, 0.5) is 11.4 Å². The molecule has 5 nitrogen and oxygen atoms in total. The third-order valence-electron chi connectivity index (χ3n) is 6.07. The number of hydrogen-bond donors (Lipinski definition) is 1. The number of nitrogens with two attached hydrogens (primary N) is 1. The smallest absolute Gasteiger partial charge is 0.157 e. The minimum atomic E-state index is -1.18. The van der Waals surface area contributed by atoms with Gasteiger partial charge in [-0.25, -0.2) is 4.21 Å². The van der Waals surface area contributed by atoms with E-state index in [4.69, 9.17) is 15.2 Å². The van der Waals surface area contributed by atoms with Crippen molar-refractivity contribution in [3.8, 4) is 0 Å². The zero-order valence-electron chi connectivity index (χ0n) is 18.0. The van der Waals surface area contributed by atoms with Crippen LogP contribution in [0.15, 0.2) is 40.1 Å². The molecule has 4 rings (SSSR count). The Morgan fingerprint density at radius 1 is 1.20 bits per heavy atom. The number of benzene rings is 2. The maximum Gasteiger partial charge on any atom is 0.157 e. The first-order chi connectivity index (χ1) is 14.6. The number of fused-ring (bicyclic) bond motifs is 2. The molecule has 0 radical (unpaired) electrons. The molecule has 2 aromatic carbocycles. The minimum absolute atomic E-state index is 0.0672. The molecule has 6 heteroatoms. The van der Waals surface area contributed by atoms with Crippen LogP contribution < -0.4 is 10.6 Å². The fourth-order valence-electron chi connectivity index (χ4n) is 4.22. The Balaban J connectivity index is 1.60. The van der Waals surface area contributed by atoms with E-state index in [2.05, 4.69) is 36.9 Å². The predicted molar refractivity (Wildman–Crippen MR) is 121 cm³/mol. The number of hydrogen-bond acceptors (Lipinski definition) is 5. The molecule has 0 bridgehead atoms. The van der Waals surface area contributed by atoms with E-state index in [9.17, 15) is 4.21 Å². The zero-order chi connectivity index (χ0) is 21.1. The van der Waals surface area contributed by atoms with Crippen LogP contribution in [0, 0.1) is 13.8 Å². The summed E-state index contributed by atoms with van der Waals surface area (Å²) in [5, 5.41) is 0. The Labute approximate surface area is 182 Å². The van der Waals surface area contributed by atoms with Crippen molar-refractivity contribution >= 4 is 22.2 Å². The van der Waals surface area contributed by atoms with Gasteiger partial charge in [-0.1, -0.05) is 12.1 Å². The van der Waals surface area contributed by atoms with Gasteiger partial charge in [-0.2, -0.15) is 0 Å². The molecule has 2 N–H and O–H groups in total. The highest BCUT2D eigenvalue weighted by molar-refractivity contribution is 7.85. The molecule has 162 valence electrons. The molecular formula is C24H32N2O3S. The monoisotopic (exact) mass is 428 g/mol. The normalized spacial score (nSPS) is 20.7. The molecule has 0 aliphatic carbocycles. The average Bonchev–Trinajstić information content (AvgIpc) is 2.77. The van der Waals surface area contributed by atoms with Crippen molar-refractivity contribution in [2.75, 3.05) is 31.2 Å². The first kappa shape index (κ1) is 21.5. The first-order valence-corrected chi connectivity index (χ1v) is 12.1. The minimum Gasteiger partial charge on any atom is -0.353 e. The van der Waals surface area contributed by atoms with Crippen LogP contribution in [0.3, 0.4) is 0 Å². The molecule has 0 amide bonds. The van der Waals surface area contributed by atoms with Crippen LogP contribution in [-0.2, 0) is 26.7 Å². The van der Waals surface area contributed by atoms with E-state index in [0.29, 0.717) is 13.2 Å². The van der Waals surface area contributed by atoms with Gasteiger partial charge in [-0.15, -0.1) is 0 Å². The highest BCUT2D eigenvalue weighted by Gasteiger charge is 2.30. The molecule has 2 aliphatic heterocycles. The van der Waals surface area contributed by atoms with Crippen LogP contribution in [0.1, 0.15) is 42.4 Å². The zero-order valence-corrected chi connectivity index (χ0v) is 18.8. The fraction of sp³-hybridized carbons (Fsp3) is 0.500. The highest BCUT2D eigenvalue weighted by atomic mass is 32.2. The van der Waals surface area contributed by atoms with Gasteiger partial charge in [0.15, 0.2) is 6.29 Å². The van der Waals surface area contributed by atoms with E-state index in [1.807, 2.05) is 12.1 Å². The molecule has 2 heterocycles. The summed E-state index contributed by atoms with van der Waals surface area (Å²) in [5.74, 6) is 0. The number of rotatable bonds is 7. The van der Waals surface area contributed by atoms with E-state index < -0.39 is 10.8 Å². The topological polar surface area (TPSA) is 64.8 Å². The Hall–Kier alpha value is -1.73. The SMILES string of the molecule is Cc1ccc2c(c1C)N(CCCN)c1cc(CCOC3CCCCO3)ccc1S2=O. The number of anilines is 2. The van der Waals surface area contributed by atoms with Gasteiger partial charge in [0.1, 0.15) is 0 Å². The van der Waals surface area contributed by atoms with Crippen LogP contribution in [-0.4, -0.2) is 36.8 Å². The average molecular weight is 429 g/mol. The summed E-state index contributed by atoms with van der Waals surface area (Å²) in [7, 11) is -1.18. The lowest BCUT2D eigenvalue weighted by molar-refractivity contribution is -0.161. The molecular weight excluding hydrogens is 396 g/mol. The largest absolute Gasteiger partial charge is 0.353 e. The molecule has 0 spiro atoms. The summed E-state index contributed by atoms with van der Waals surface area (Å²) < 4.78 is 24.9. The third-order valence-corrected chi connectivity index (χ3v) is 7.54. The van der Waals surface area contributed by atoms with Crippen molar-refractivity contribution < 1.29 is 13.7 Å². The predicted octanol–water partition coefficient (Wildman–Crippen LogP) is 4.36. The van der Waals surface area contributed by atoms with Gasteiger partial charge < -0.3 is 20.1 Å². The van der Waals surface area contributed by atoms with Gasteiger partial charge in [0, 0.05) is 13.2 Å². The van der Waals surface area contributed by atoms with Crippen LogP contribution in [0.5, 0.6) is 0 Å². The Bertz CT molecular complexity index is 925. The number of nitrogens with zero attached hydrogens (tertiary/aromatic N) is 1. The third kappa shape index (κ3) is 4.33. The van der Waals surface area contributed by atoms with Crippen molar-refractivity contribution in [3.05, 3.63) is 47.0 Å². The molecule has 1 fully saturated rings. The summed E-state index contributed by atoms with van der Waals surface area (Å²) in [4.78, 5) is 4.09. The second kappa shape index (κ2) is 9.60. The first-order valence-electron chi connectivity index (χ1n) is 11.0. The molecule has 2 unspecified atom stereocenters. The van der Waals surface area contributed by atoms with Gasteiger partial charge in [-0.3, -0.25) is 0 Å². The van der Waals surface area contributed by atoms with Crippen LogP contribution >= 0.6 is 0 Å². The lowest BCUT2D eigenvalue weighted by atomic mass is 10.0. The highest BCUT2D eigenvalue weighted by Crippen LogP contribution is 2.44. The van der Waals surface area contributed by atoms with E-state index >= 15 is 0 Å². The second-order valence-corrected chi connectivity index (χ2v) is 9.55. The van der Waals surface area contributed by atoms with Gasteiger partial charge >= 0.3 is 0 Å². The lowest BCUT2D eigenvalue weighted by Crippen LogP contribution is -2.28. The van der Waals surface area contributed by atoms with Gasteiger partial charge in [0.05, 0.1) is 38.6 Å². The van der Waals surface area contributed by atoms with Gasteiger partial charge in [0.2, 0.25) is 0 Å². The molecule has 1 saturated heterocycles. The number of aryl methyl sites for hydroxylation is 1. The Morgan fingerprint density at radius 3 is 2.80 bits per heavy atom. The van der Waals surface area contributed by atoms with Crippen molar-refractivity contribution in [2.45, 2.75) is 62.0 Å². The molecule has 2 atom stereocenters. The summed E-state index contributed by atoms with van der Waals surface area (Å²) in [6, 6.07) is 10.4. The fourth-order valence-corrected chi connectivity index (χ4v) is 5.64. The maximum absolute atomic E-state index is 13.3. The lowest BCUT2D eigenvalue weighted by Gasteiger charge is -2.35. The van der Waals surface area contributed by atoms with Gasteiger partial charge in [-0.05, 0) is 87.4 Å². The van der Waals surface area contributed by atoms with Crippen LogP contribution in [0.2, 0.25) is 0 Å². The quantitative estimate of drug-likeness (QED) is 0.710. The van der Waals surface area contributed by atoms with E-state index in [1.54, 1.807) is 0 Å². The van der Waals surface area contributed by atoms with E-state index in [1.165, 1.54) is 23.1 Å². The molecule has 30 heavy (non-hydrogen) atoms. The summed E-state index contributed by atoms with van der Waals surface area (Å²) >= 11 is 0.